The quantitative estimate of drug-likeness (QED) is 0.786. The predicted molar refractivity (Wildman–Crippen MR) is 79.7 cm³/mol. The van der Waals surface area contributed by atoms with E-state index in [1.807, 2.05) is 32.0 Å². The first-order valence-corrected chi connectivity index (χ1v) is 7.20. The number of hydrogen-bond donors (Lipinski definition) is 0. The third-order valence-corrected chi connectivity index (χ3v) is 3.57. The van der Waals surface area contributed by atoms with Gasteiger partial charge in [0.2, 0.25) is 11.7 Å². The first-order chi connectivity index (χ1) is 9.56. The van der Waals surface area contributed by atoms with Crippen molar-refractivity contribution >= 4 is 21.9 Å². The zero-order valence-corrected chi connectivity index (χ0v) is 13.3. The maximum atomic E-state index is 11.7. The van der Waals surface area contributed by atoms with Gasteiger partial charge in [-0.1, -0.05) is 19.4 Å². The lowest BCUT2D eigenvalue weighted by molar-refractivity contribution is 0.0564. The maximum absolute atomic E-state index is 11.7. The maximum Gasteiger partial charge on any atom is 0.376 e. The van der Waals surface area contributed by atoms with Gasteiger partial charge in [-0.25, -0.2) is 9.78 Å². The van der Waals surface area contributed by atoms with E-state index in [1.54, 1.807) is 0 Å². The summed E-state index contributed by atoms with van der Waals surface area (Å²) in [6.45, 7) is 4.03. The second-order valence-corrected chi connectivity index (χ2v) is 5.37. The average molecular weight is 338 g/mol. The summed E-state index contributed by atoms with van der Waals surface area (Å²) in [5.74, 6) is 0.132. The fraction of sp³-hybridized carbons (Fsp3) is 0.333. The third-order valence-electron chi connectivity index (χ3n) is 2.91. The molecule has 1 aromatic carbocycles. The van der Waals surface area contributed by atoms with Gasteiger partial charge >= 0.3 is 5.97 Å². The lowest BCUT2D eigenvalue weighted by atomic mass is 10.1. The minimum atomic E-state index is -0.490. The first-order valence-electron chi connectivity index (χ1n) is 6.41. The molecule has 106 valence electrons. The van der Waals surface area contributed by atoms with E-state index in [1.165, 1.54) is 7.11 Å². The Kier molecular flexibility index (Phi) is 4.60. The van der Waals surface area contributed by atoms with Crippen molar-refractivity contribution in [3.05, 3.63) is 39.7 Å². The molecule has 2 rings (SSSR count). The number of esters is 1. The molecule has 0 bridgehead atoms. The van der Waals surface area contributed by atoms with Crippen LogP contribution < -0.4 is 0 Å². The number of hydrogen-bond acceptors (Lipinski definition) is 4. The summed E-state index contributed by atoms with van der Waals surface area (Å²) < 4.78 is 11.2. The number of nitrogens with zero attached hydrogens (tertiary/aromatic N) is 1. The van der Waals surface area contributed by atoms with E-state index in [-0.39, 0.29) is 5.76 Å². The Morgan fingerprint density at radius 1 is 1.45 bits per heavy atom. The minimum Gasteiger partial charge on any atom is -0.463 e. The number of halogens is 1. The minimum absolute atomic E-state index is 0.192. The largest absolute Gasteiger partial charge is 0.463 e. The molecule has 0 unspecified atom stereocenters. The van der Waals surface area contributed by atoms with E-state index >= 15 is 0 Å². The van der Waals surface area contributed by atoms with Gasteiger partial charge < -0.3 is 9.15 Å². The number of aromatic nitrogens is 1. The molecular formula is C15H16BrNO3. The van der Waals surface area contributed by atoms with Gasteiger partial charge in [0.15, 0.2) is 0 Å². The Hall–Kier alpha value is -1.62. The van der Waals surface area contributed by atoms with E-state index in [2.05, 4.69) is 20.9 Å². The van der Waals surface area contributed by atoms with Gasteiger partial charge in [0.25, 0.3) is 0 Å². The Labute approximate surface area is 126 Å². The molecule has 0 radical (unpaired) electrons. The van der Waals surface area contributed by atoms with E-state index < -0.39 is 5.97 Å². The van der Waals surface area contributed by atoms with Crippen LogP contribution in [0.3, 0.4) is 0 Å². The van der Waals surface area contributed by atoms with Crippen LogP contribution in [0.1, 0.15) is 35.2 Å². The van der Waals surface area contributed by atoms with Crippen molar-refractivity contribution in [1.29, 1.82) is 0 Å². The highest BCUT2D eigenvalue weighted by atomic mass is 79.9. The Bertz CT molecular complexity index is 634. The summed E-state index contributed by atoms with van der Waals surface area (Å²) in [5, 5.41) is 0. The number of benzene rings is 1. The molecule has 5 heteroatoms. The zero-order valence-electron chi connectivity index (χ0n) is 11.7. The molecule has 0 saturated carbocycles. The van der Waals surface area contributed by atoms with E-state index in [9.17, 15) is 4.79 Å². The number of ether oxygens (including phenoxy) is 1. The molecule has 4 nitrogen and oxygen atoms in total. The van der Waals surface area contributed by atoms with Gasteiger partial charge in [0, 0.05) is 4.47 Å². The molecule has 0 aliphatic carbocycles. The SMILES string of the molecule is CCCc1nc(-c2ccc(C)cc2Br)oc1C(=O)OC. The van der Waals surface area contributed by atoms with E-state index in [4.69, 9.17) is 9.15 Å². The standard InChI is InChI=1S/C15H16BrNO3/c1-4-5-12-13(15(18)19-3)20-14(17-12)10-7-6-9(2)8-11(10)16/h6-8H,4-5H2,1-3H3. The molecule has 0 aliphatic heterocycles. The van der Waals surface area contributed by atoms with Crippen molar-refractivity contribution < 1.29 is 13.9 Å². The summed E-state index contributed by atoms with van der Waals surface area (Å²) in [4.78, 5) is 16.2. The molecule has 1 heterocycles. The van der Waals surface area contributed by atoms with Crippen LogP contribution in [0.15, 0.2) is 27.1 Å². The monoisotopic (exact) mass is 337 g/mol. The summed E-state index contributed by atoms with van der Waals surface area (Å²) in [5.41, 5.74) is 2.60. The molecule has 1 aromatic heterocycles. The fourth-order valence-electron chi connectivity index (χ4n) is 1.92. The number of aryl methyl sites for hydroxylation is 2. The van der Waals surface area contributed by atoms with Gasteiger partial charge in [-0.05, 0) is 47.0 Å². The van der Waals surface area contributed by atoms with Gasteiger partial charge in [-0.15, -0.1) is 0 Å². The van der Waals surface area contributed by atoms with Gasteiger partial charge in [0.05, 0.1) is 18.4 Å². The second kappa shape index (κ2) is 6.22. The van der Waals surface area contributed by atoms with Crippen molar-refractivity contribution in [3.8, 4) is 11.5 Å². The van der Waals surface area contributed by atoms with E-state index in [0.29, 0.717) is 18.0 Å². The summed E-state index contributed by atoms with van der Waals surface area (Å²) in [6.07, 6.45) is 1.56. The van der Waals surface area contributed by atoms with Crippen LogP contribution >= 0.6 is 15.9 Å². The highest BCUT2D eigenvalue weighted by Crippen LogP contribution is 2.30. The smallest absolute Gasteiger partial charge is 0.376 e. The number of rotatable bonds is 4. The Morgan fingerprint density at radius 2 is 2.20 bits per heavy atom. The number of carbonyl (C=O) groups excluding carboxylic acids is 1. The number of oxazole rings is 1. The van der Waals surface area contributed by atoms with Crippen LogP contribution in [0.4, 0.5) is 0 Å². The van der Waals surface area contributed by atoms with Crippen LogP contribution in [-0.4, -0.2) is 18.1 Å². The summed E-state index contributed by atoms with van der Waals surface area (Å²) >= 11 is 3.49. The number of methoxy groups -OCH3 is 1. The first kappa shape index (κ1) is 14.8. The van der Waals surface area contributed by atoms with E-state index in [0.717, 1.165) is 22.0 Å². The molecular weight excluding hydrogens is 322 g/mol. The highest BCUT2D eigenvalue weighted by molar-refractivity contribution is 9.10. The average Bonchev–Trinajstić information content (AvgIpc) is 2.82. The van der Waals surface area contributed by atoms with Crippen LogP contribution in [0.2, 0.25) is 0 Å². The van der Waals surface area contributed by atoms with Crippen LogP contribution in [-0.2, 0) is 11.2 Å². The normalized spacial score (nSPS) is 10.6. The fourth-order valence-corrected chi connectivity index (χ4v) is 2.58. The van der Waals surface area contributed by atoms with Crippen molar-refractivity contribution in [2.24, 2.45) is 0 Å². The summed E-state index contributed by atoms with van der Waals surface area (Å²) in [7, 11) is 1.34. The Morgan fingerprint density at radius 3 is 2.80 bits per heavy atom. The predicted octanol–water partition coefficient (Wildman–Crippen LogP) is 4.15. The molecule has 0 N–H and O–H groups in total. The van der Waals surface area contributed by atoms with Crippen molar-refractivity contribution in [1.82, 2.24) is 4.98 Å². The van der Waals surface area contributed by atoms with Gasteiger partial charge in [-0.2, -0.15) is 0 Å². The van der Waals surface area contributed by atoms with Gasteiger partial charge in [0.1, 0.15) is 0 Å². The lowest BCUT2D eigenvalue weighted by Crippen LogP contribution is -2.03. The molecule has 20 heavy (non-hydrogen) atoms. The van der Waals surface area contributed by atoms with Crippen molar-refractivity contribution in [2.45, 2.75) is 26.7 Å². The molecule has 0 aliphatic rings. The topological polar surface area (TPSA) is 52.3 Å². The van der Waals surface area contributed by atoms with Crippen LogP contribution in [0, 0.1) is 6.92 Å². The highest BCUT2D eigenvalue weighted by Gasteiger charge is 2.21. The molecule has 0 atom stereocenters. The zero-order chi connectivity index (χ0) is 14.7. The van der Waals surface area contributed by atoms with Crippen LogP contribution in [0.25, 0.3) is 11.5 Å². The molecule has 0 amide bonds. The Balaban J connectivity index is 2.49. The third kappa shape index (κ3) is 2.93. The molecule has 2 aromatic rings. The lowest BCUT2D eigenvalue weighted by Gasteiger charge is -2.00. The molecule has 0 spiro atoms. The van der Waals surface area contributed by atoms with Crippen LogP contribution in [0.5, 0.6) is 0 Å². The molecule has 0 saturated heterocycles. The van der Waals surface area contributed by atoms with Crippen molar-refractivity contribution in [3.63, 3.8) is 0 Å². The summed E-state index contributed by atoms with van der Waals surface area (Å²) in [6, 6.07) is 5.88. The second-order valence-electron chi connectivity index (χ2n) is 4.52. The van der Waals surface area contributed by atoms with Gasteiger partial charge in [-0.3, -0.25) is 0 Å². The number of carbonyl (C=O) groups is 1. The molecule has 0 fully saturated rings. The van der Waals surface area contributed by atoms with Crippen molar-refractivity contribution in [2.75, 3.05) is 7.11 Å².